The first-order chi connectivity index (χ1) is 15.0. The Bertz CT molecular complexity index is 1170. The third kappa shape index (κ3) is 4.15. The second-order valence-corrected chi connectivity index (χ2v) is 7.41. The van der Waals surface area contributed by atoms with E-state index in [0.717, 1.165) is 5.56 Å². The molecule has 1 unspecified atom stereocenters. The summed E-state index contributed by atoms with van der Waals surface area (Å²) >= 11 is 6.42. The van der Waals surface area contributed by atoms with Crippen molar-refractivity contribution in [1.29, 1.82) is 0 Å². The highest BCUT2D eigenvalue weighted by Gasteiger charge is 2.29. The SMILES string of the molecule is COCCCOc1cc2c(cc1Cl)-c1cc(=O)c(C(=O)O)cn1C(c1ccccc1)O2. The average molecular weight is 442 g/mol. The highest BCUT2D eigenvalue weighted by atomic mass is 35.5. The van der Waals surface area contributed by atoms with Gasteiger partial charge in [-0.1, -0.05) is 41.9 Å². The molecule has 2 heterocycles. The van der Waals surface area contributed by atoms with Gasteiger partial charge >= 0.3 is 5.97 Å². The molecular weight excluding hydrogens is 422 g/mol. The number of hydrogen-bond acceptors (Lipinski definition) is 5. The van der Waals surface area contributed by atoms with Crippen LogP contribution in [0.5, 0.6) is 11.5 Å². The highest BCUT2D eigenvalue weighted by Crippen LogP contribution is 2.44. The van der Waals surface area contributed by atoms with Crippen LogP contribution in [0.2, 0.25) is 5.02 Å². The molecule has 0 saturated heterocycles. The predicted octanol–water partition coefficient (Wildman–Crippen LogP) is 4.22. The van der Waals surface area contributed by atoms with Crippen molar-refractivity contribution >= 4 is 17.6 Å². The Labute approximate surface area is 183 Å². The number of aromatic nitrogens is 1. The summed E-state index contributed by atoms with van der Waals surface area (Å²) < 4.78 is 18.7. The topological polar surface area (TPSA) is 87.0 Å². The number of fused-ring (bicyclic) bond motifs is 3. The van der Waals surface area contributed by atoms with Gasteiger partial charge in [0.15, 0.2) is 5.43 Å². The number of nitrogens with zero attached hydrogens (tertiary/aromatic N) is 1. The molecule has 0 radical (unpaired) electrons. The molecular formula is C23H20ClNO6. The van der Waals surface area contributed by atoms with Crippen LogP contribution < -0.4 is 14.9 Å². The average Bonchev–Trinajstić information content (AvgIpc) is 2.76. The normalized spacial score (nSPS) is 14.3. The minimum atomic E-state index is -1.30. The molecule has 1 N–H and O–H groups in total. The molecule has 1 aromatic heterocycles. The second-order valence-electron chi connectivity index (χ2n) is 7.00. The van der Waals surface area contributed by atoms with E-state index in [9.17, 15) is 14.7 Å². The number of carbonyl (C=O) groups is 1. The summed E-state index contributed by atoms with van der Waals surface area (Å²) in [5.41, 5.74) is 0.968. The smallest absolute Gasteiger partial charge is 0.341 e. The molecule has 2 aromatic carbocycles. The Kier molecular flexibility index (Phi) is 5.97. The predicted molar refractivity (Wildman–Crippen MR) is 115 cm³/mol. The molecule has 0 saturated carbocycles. The number of ether oxygens (including phenoxy) is 3. The van der Waals surface area contributed by atoms with E-state index in [-0.39, 0.29) is 5.56 Å². The van der Waals surface area contributed by atoms with Crippen molar-refractivity contribution in [3.05, 3.63) is 81.1 Å². The standard InChI is InChI=1S/C23H20ClNO6/c1-29-8-5-9-30-21-12-20-15(10-17(21)24)18-11-19(26)16(23(27)28)13-25(18)22(31-20)14-6-3-2-4-7-14/h2-4,6-7,10-13,22H,5,8-9H2,1H3,(H,27,28). The number of aromatic carboxylic acids is 1. The van der Waals surface area contributed by atoms with Crippen molar-refractivity contribution in [2.24, 2.45) is 0 Å². The van der Waals surface area contributed by atoms with Crippen molar-refractivity contribution in [2.75, 3.05) is 20.3 Å². The molecule has 1 atom stereocenters. The van der Waals surface area contributed by atoms with E-state index >= 15 is 0 Å². The first-order valence-corrected chi connectivity index (χ1v) is 10.0. The van der Waals surface area contributed by atoms with Gasteiger partial charge in [0.2, 0.25) is 6.23 Å². The maximum Gasteiger partial charge on any atom is 0.341 e. The van der Waals surface area contributed by atoms with Gasteiger partial charge in [-0.05, 0) is 6.07 Å². The minimum Gasteiger partial charge on any atom is -0.492 e. The minimum absolute atomic E-state index is 0.332. The Morgan fingerprint density at radius 2 is 1.97 bits per heavy atom. The summed E-state index contributed by atoms with van der Waals surface area (Å²) in [5.74, 6) is -0.348. The lowest BCUT2D eigenvalue weighted by Crippen LogP contribution is -2.27. The van der Waals surface area contributed by atoms with Crippen LogP contribution in [0.15, 0.2) is 59.5 Å². The summed E-state index contributed by atoms with van der Waals surface area (Å²) in [4.78, 5) is 24.0. The van der Waals surface area contributed by atoms with E-state index in [1.807, 2.05) is 30.3 Å². The van der Waals surface area contributed by atoms with E-state index in [4.69, 9.17) is 25.8 Å². The molecule has 3 aromatic rings. The largest absolute Gasteiger partial charge is 0.492 e. The third-order valence-electron chi connectivity index (χ3n) is 4.95. The molecule has 0 aliphatic carbocycles. The van der Waals surface area contributed by atoms with E-state index < -0.39 is 17.6 Å². The first-order valence-electron chi connectivity index (χ1n) is 9.66. The van der Waals surface area contributed by atoms with Crippen molar-refractivity contribution in [1.82, 2.24) is 4.57 Å². The highest BCUT2D eigenvalue weighted by molar-refractivity contribution is 6.32. The maximum atomic E-state index is 12.4. The Morgan fingerprint density at radius 3 is 2.68 bits per heavy atom. The lowest BCUT2D eigenvalue weighted by molar-refractivity contribution is 0.0693. The molecule has 160 valence electrons. The zero-order chi connectivity index (χ0) is 22.0. The third-order valence-corrected chi connectivity index (χ3v) is 5.24. The summed E-state index contributed by atoms with van der Waals surface area (Å²) in [5, 5.41) is 9.78. The fraction of sp³-hybridized carbons (Fsp3) is 0.217. The van der Waals surface area contributed by atoms with Crippen molar-refractivity contribution in [3.8, 4) is 22.8 Å². The molecule has 0 fully saturated rings. The summed E-state index contributed by atoms with van der Waals surface area (Å²) in [6.07, 6.45) is 1.35. The van der Waals surface area contributed by atoms with Crippen LogP contribution in [0.25, 0.3) is 11.3 Å². The van der Waals surface area contributed by atoms with E-state index in [1.165, 1.54) is 12.3 Å². The molecule has 0 amide bonds. The molecule has 4 rings (SSSR count). The van der Waals surface area contributed by atoms with Crippen LogP contribution in [-0.4, -0.2) is 36.0 Å². The Hall–Kier alpha value is -3.29. The number of halogens is 1. The van der Waals surface area contributed by atoms with Gasteiger partial charge in [0.05, 0.1) is 17.3 Å². The number of hydrogen-bond donors (Lipinski definition) is 1. The van der Waals surface area contributed by atoms with Gasteiger partial charge in [0.1, 0.15) is 17.1 Å². The van der Waals surface area contributed by atoms with Crippen LogP contribution in [0.4, 0.5) is 0 Å². The van der Waals surface area contributed by atoms with Crippen LogP contribution >= 0.6 is 11.6 Å². The number of rotatable bonds is 7. The van der Waals surface area contributed by atoms with Crippen molar-refractivity contribution in [3.63, 3.8) is 0 Å². The fourth-order valence-corrected chi connectivity index (χ4v) is 3.69. The monoisotopic (exact) mass is 441 g/mol. The number of benzene rings is 2. The lowest BCUT2D eigenvalue weighted by Gasteiger charge is -2.32. The second kappa shape index (κ2) is 8.83. The van der Waals surface area contributed by atoms with Crippen LogP contribution in [0.3, 0.4) is 0 Å². The van der Waals surface area contributed by atoms with E-state index in [2.05, 4.69) is 0 Å². The van der Waals surface area contributed by atoms with Gasteiger partial charge in [-0.3, -0.25) is 4.79 Å². The zero-order valence-corrected chi connectivity index (χ0v) is 17.5. The molecule has 1 aliphatic heterocycles. The Morgan fingerprint density at radius 1 is 1.19 bits per heavy atom. The number of carboxylic acid groups (broad SMARTS) is 1. The summed E-state index contributed by atoms with van der Waals surface area (Å²) in [6, 6.07) is 14.0. The van der Waals surface area contributed by atoms with Gasteiger partial charge in [0.25, 0.3) is 0 Å². The molecule has 0 spiro atoms. The molecule has 0 bridgehead atoms. The number of pyridine rings is 1. The summed E-state index contributed by atoms with van der Waals surface area (Å²) in [7, 11) is 1.62. The summed E-state index contributed by atoms with van der Waals surface area (Å²) in [6.45, 7) is 0.990. The van der Waals surface area contributed by atoms with E-state index in [0.29, 0.717) is 47.4 Å². The number of methoxy groups -OCH3 is 1. The Balaban J connectivity index is 1.83. The van der Waals surface area contributed by atoms with Gasteiger partial charge < -0.3 is 23.9 Å². The van der Waals surface area contributed by atoms with Crippen LogP contribution in [0.1, 0.15) is 28.6 Å². The van der Waals surface area contributed by atoms with Crippen molar-refractivity contribution < 1.29 is 24.1 Å². The van der Waals surface area contributed by atoms with Crippen LogP contribution in [-0.2, 0) is 4.74 Å². The number of carboxylic acids is 1. The lowest BCUT2D eigenvalue weighted by atomic mass is 10.0. The molecule has 1 aliphatic rings. The molecule has 7 nitrogen and oxygen atoms in total. The van der Waals surface area contributed by atoms with E-state index in [1.54, 1.807) is 23.8 Å². The van der Waals surface area contributed by atoms with Gasteiger partial charge in [-0.15, -0.1) is 0 Å². The quantitative estimate of drug-likeness (QED) is 0.552. The van der Waals surface area contributed by atoms with Gasteiger partial charge in [-0.25, -0.2) is 4.79 Å². The zero-order valence-electron chi connectivity index (χ0n) is 16.7. The van der Waals surface area contributed by atoms with Gasteiger partial charge in [0, 0.05) is 49.6 Å². The molecule has 31 heavy (non-hydrogen) atoms. The van der Waals surface area contributed by atoms with Crippen molar-refractivity contribution in [2.45, 2.75) is 12.6 Å². The molecule has 8 heteroatoms. The van der Waals surface area contributed by atoms with Gasteiger partial charge in [-0.2, -0.15) is 0 Å². The fourth-order valence-electron chi connectivity index (χ4n) is 3.47. The van der Waals surface area contributed by atoms with Crippen LogP contribution in [0, 0.1) is 0 Å². The maximum absolute atomic E-state index is 12.4. The first kappa shape index (κ1) is 21.0.